The first-order valence-electron chi connectivity index (χ1n) is 8.17. The van der Waals surface area contributed by atoms with Crippen molar-refractivity contribution in [3.63, 3.8) is 0 Å². The summed E-state index contributed by atoms with van der Waals surface area (Å²) in [7, 11) is 4.42. The molecule has 0 saturated carbocycles. The average Bonchev–Trinajstić information content (AvgIpc) is 2.61. The molecular weight excluding hydrogens is 326 g/mol. The molecule has 0 aromatic heterocycles. The van der Waals surface area contributed by atoms with Crippen molar-refractivity contribution in [2.24, 2.45) is 0 Å². The van der Waals surface area contributed by atoms with Gasteiger partial charge >= 0.3 is 11.9 Å². The van der Waals surface area contributed by atoms with Crippen LogP contribution in [0.2, 0.25) is 0 Å². The van der Waals surface area contributed by atoms with E-state index in [1.807, 2.05) is 25.1 Å². The van der Waals surface area contributed by atoms with Crippen molar-refractivity contribution >= 4 is 11.9 Å². The smallest absolute Gasteiger partial charge is 0.350 e. The zero-order chi connectivity index (χ0) is 18.4. The minimum atomic E-state index is -1.27. The average molecular weight is 351 g/mol. The van der Waals surface area contributed by atoms with E-state index in [2.05, 4.69) is 0 Å². The van der Waals surface area contributed by atoms with Crippen LogP contribution in [0.5, 0.6) is 5.75 Å². The molecule has 0 spiro atoms. The molecule has 0 N–H and O–H groups in total. The van der Waals surface area contributed by atoms with Gasteiger partial charge < -0.3 is 19.0 Å². The summed E-state index contributed by atoms with van der Waals surface area (Å²) in [6.07, 6.45) is 0.673. The lowest BCUT2D eigenvalue weighted by atomic mass is 9.91. The van der Waals surface area contributed by atoms with E-state index < -0.39 is 17.5 Å². The standard InChI is InChI=1S/C18H25NO6/c1-13-5-6-15(22-2)14(11-13)12-16(20)25-18(17(21)23-3)7-9-19(24-4)10-8-18/h5-6,11H,7-10,12H2,1-4H3. The number of aryl methyl sites for hydroxylation is 1. The predicted octanol–water partition coefficient (Wildman–Crippen LogP) is 1.66. The van der Waals surface area contributed by atoms with Crippen molar-refractivity contribution < 1.29 is 28.6 Å². The van der Waals surface area contributed by atoms with Gasteiger partial charge in [-0.3, -0.25) is 4.79 Å². The van der Waals surface area contributed by atoms with Crippen LogP contribution in [0.4, 0.5) is 0 Å². The van der Waals surface area contributed by atoms with Crippen molar-refractivity contribution in [1.29, 1.82) is 0 Å². The Morgan fingerprint density at radius 3 is 2.40 bits per heavy atom. The van der Waals surface area contributed by atoms with Gasteiger partial charge in [0.1, 0.15) is 5.75 Å². The Kier molecular flexibility index (Phi) is 6.39. The molecule has 25 heavy (non-hydrogen) atoms. The fraction of sp³-hybridized carbons (Fsp3) is 0.556. The van der Waals surface area contributed by atoms with Crippen LogP contribution in [-0.2, 0) is 30.3 Å². The summed E-state index contributed by atoms with van der Waals surface area (Å²) < 4.78 is 15.8. The summed E-state index contributed by atoms with van der Waals surface area (Å²) in [6, 6.07) is 5.59. The maximum absolute atomic E-state index is 12.5. The van der Waals surface area contributed by atoms with Crippen LogP contribution in [0.15, 0.2) is 18.2 Å². The number of methoxy groups -OCH3 is 2. The lowest BCUT2D eigenvalue weighted by Gasteiger charge is -2.37. The summed E-state index contributed by atoms with van der Waals surface area (Å²) in [4.78, 5) is 29.9. The molecule has 1 heterocycles. The van der Waals surface area contributed by atoms with Crippen molar-refractivity contribution in [2.45, 2.75) is 31.8 Å². The summed E-state index contributed by atoms with van der Waals surface area (Å²) in [5.74, 6) is -0.406. The molecule has 7 nitrogen and oxygen atoms in total. The number of rotatable bonds is 6. The van der Waals surface area contributed by atoms with Crippen molar-refractivity contribution in [3.8, 4) is 5.75 Å². The second-order valence-electron chi connectivity index (χ2n) is 6.06. The first kappa shape index (κ1) is 19.2. The highest BCUT2D eigenvalue weighted by Gasteiger charge is 2.46. The number of esters is 2. The Morgan fingerprint density at radius 1 is 1.16 bits per heavy atom. The fourth-order valence-electron chi connectivity index (χ4n) is 3.02. The molecule has 1 aromatic rings. The van der Waals surface area contributed by atoms with E-state index in [-0.39, 0.29) is 6.42 Å². The molecule has 1 aliphatic rings. The van der Waals surface area contributed by atoms with E-state index in [0.29, 0.717) is 31.7 Å². The van der Waals surface area contributed by atoms with Gasteiger partial charge in [0.15, 0.2) is 0 Å². The van der Waals surface area contributed by atoms with E-state index >= 15 is 0 Å². The maximum Gasteiger partial charge on any atom is 0.350 e. The number of hydrogen-bond acceptors (Lipinski definition) is 7. The Bertz CT molecular complexity index is 622. The quantitative estimate of drug-likeness (QED) is 0.722. The van der Waals surface area contributed by atoms with Crippen molar-refractivity contribution in [2.75, 3.05) is 34.4 Å². The summed E-state index contributed by atoms with van der Waals surface area (Å²) in [6.45, 7) is 2.89. The summed E-state index contributed by atoms with van der Waals surface area (Å²) in [5, 5.41) is 1.72. The fourth-order valence-corrected chi connectivity index (χ4v) is 3.02. The van der Waals surface area contributed by atoms with Gasteiger partial charge in [0.2, 0.25) is 5.60 Å². The van der Waals surface area contributed by atoms with E-state index in [1.165, 1.54) is 7.11 Å². The third-order valence-corrected chi connectivity index (χ3v) is 4.43. The Hall–Kier alpha value is -2.12. The largest absolute Gasteiger partial charge is 0.496 e. The molecule has 1 fully saturated rings. The Balaban J connectivity index is 2.13. The van der Waals surface area contributed by atoms with Gasteiger partial charge in [-0.1, -0.05) is 17.7 Å². The van der Waals surface area contributed by atoms with Gasteiger partial charge in [-0.25, -0.2) is 4.79 Å². The molecule has 1 aromatic carbocycles. The Labute approximate surface area is 147 Å². The van der Waals surface area contributed by atoms with Gasteiger partial charge in [-0.2, -0.15) is 5.06 Å². The molecule has 1 saturated heterocycles. The van der Waals surface area contributed by atoms with Crippen LogP contribution in [0.25, 0.3) is 0 Å². The van der Waals surface area contributed by atoms with E-state index in [0.717, 1.165) is 11.1 Å². The zero-order valence-corrected chi connectivity index (χ0v) is 15.2. The topological polar surface area (TPSA) is 74.3 Å². The minimum absolute atomic E-state index is 0.0254. The van der Waals surface area contributed by atoms with Gasteiger partial charge in [0.25, 0.3) is 0 Å². The molecule has 2 rings (SSSR count). The number of hydrogen-bond donors (Lipinski definition) is 0. The Morgan fingerprint density at radius 2 is 1.84 bits per heavy atom. The van der Waals surface area contributed by atoms with Crippen LogP contribution in [0.1, 0.15) is 24.0 Å². The maximum atomic E-state index is 12.5. The molecule has 0 aliphatic carbocycles. The highest BCUT2D eigenvalue weighted by atomic mass is 16.7. The van der Waals surface area contributed by atoms with Crippen molar-refractivity contribution in [1.82, 2.24) is 5.06 Å². The number of carbonyl (C=O) groups excluding carboxylic acids is 2. The zero-order valence-electron chi connectivity index (χ0n) is 15.2. The number of nitrogens with zero attached hydrogens (tertiary/aromatic N) is 1. The predicted molar refractivity (Wildman–Crippen MR) is 90.1 cm³/mol. The highest BCUT2D eigenvalue weighted by molar-refractivity contribution is 5.84. The second kappa shape index (κ2) is 8.31. The lowest BCUT2D eigenvalue weighted by molar-refractivity contribution is -0.205. The molecular formula is C18H25NO6. The van der Waals surface area contributed by atoms with Crippen LogP contribution in [0, 0.1) is 6.92 Å². The first-order valence-corrected chi connectivity index (χ1v) is 8.17. The van der Waals surface area contributed by atoms with Crippen LogP contribution in [-0.4, -0.2) is 57.0 Å². The highest BCUT2D eigenvalue weighted by Crippen LogP contribution is 2.29. The molecule has 138 valence electrons. The van der Waals surface area contributed by atoms with E-state index in [4.69, 9.17) is 19.0 Å². The molecule has 0 radical (unpaired) electrons. The lowest BCUT2D eigenvalue weighted by Crippen LogP contribution is -2.52. The van der Waals surface area contributed by atoms with Crippen LogP contribution in [0.3, 0.4) is 0 Å². The SMILES string of the molecule is COC(=O)C1(OC(=O)Cc2cc(C)ccc2OC)CCN(OC)CC1. The molecule has 0 bridgehead atoms. The minimum Gasteiger partial charge on any atom is -0.496 e. The van der Waals surface area contributed by atoms with Gasteiger partial charge in [0, 0.05) is 31.5 Å². The molecule has 7 heteroatoms. The number of piperidine rings is 1. The molecule has 0 atom stereocenters. The van der Waals surface area contributed by atoms with E-state index in [9.17, 15) is 9.59 Å². The third kappa shape index (κ3) is 4.49. The molecule has 1 aliphatic heterocycles. The van der Waals surface area contributed by atoms with E-state index in [1.54, 1.807) is 19.3 Å². The summed E-state index contributed by atoms with van der Waals surface area (Å²) >= 11 is 0. The van der Waals surface area contributed by atoms with Gasteiger partial charge in [-0.15, -0.1) is 0 Å². The third-order valence-electron chi connectivity index (χ3n) is 4.43. The van der Waals surface area contributed by atoms with Crippen LogP contribution < -0.4 is 4.74 Å². The van der Waals surface area contributed by atoms with Crippen molar-refractivity contribution in [3.05, 3.63) is 29.3 Å². The first-order chi connectivity index (χ1) is 11.9. The van der Waals surface area contributed by atoms with Gasteiger partial charge in [0.05, 0.1) is 27.8 Å². The number of ether oxygens (including phenoxy) is 3. The molecule has 0 unspecified atom stereocenters. The number of hydroxylamine groups is 2. The normalized spacial score (nSPS) is 17.0. The second-order valence-corrected chi connectivity index (χ2v) is 6.06. The van der Waals surface area contributed by atoms with Gasteiger partial charge in [-0.05, 0) is 13.0 Å². The van der Waals surface area contributed by atoms with Crippen LogP contribution >= 0.6 is 0 Å². The monoisotopic (exact) mass is 351 g/mol. The molecule has 0 amide bonds. The number of carbonyl (C=O) groups is 2. The number of benzene rings is 1. The summed E-state index contributed by atoms with van der Waals surface area (Å²) in [5.41, 5.74) is 0.472.